The van der Waals surface area contributed by atoms with Crippen LogP contribution in [0.1, 0.15) is 5.56 Å². The standard InChI is InChI=1S/C33H38FN7O2/c1-8-31(42)36-27-19-28(30(43-7)20-29(27)40(5)18-17-39(3)4)37-33-35-21-26(23-11-13-24(34)14-12-23)32(38-33)41(6)25-15-9-22(2)10-16-25/h8-16,19-21H,1,17-18H2,2-7H3,(H,36,42)(H,35,37,38). The number of ether oxygens (including phenoxy) is 1. The third-order valence-corrected chi connectivity index (χ3v) is 6.96. The highest BCUT2D eigenvalue weighted by atomic mass is 19.1. The van der Waals surface area contributed by atoms with Crippen molar-refractivity contribution in [2.24, 2.45) is 0 Å². The highest BCUT2D eigenvalue weighted by molar-refractivity contribution is 6.02. The van der Waals surface area contributed by atoms with Gasteiger partial charge in [-0.2, -0.15) is 4.98 Å². The topological polar surface area (TPSA) is 85.9 Å². The summed E-state index contributed by atoms with van der Waals surface area (Å²) in [4.78, 5) is 27.9. The summed E-state index contributed by atoms with van der Waals surface area (Å²) in [5, 5.41) is 6.19. The van der Waals surface area contributed by atoms with Gasteiger partial charge in [0.25, 0.3) is 0 Å². The van der Waals surface area contributed by atoms with Crippen LogP contribution in [-0.2, 0) is 4.79 Å². The molecule has 0 atom stereocenters. The van der Waals surface area contributed by atoms with Crippen molar-refractivity contribution in [3.63, 3.8) is 0 Å². The number of methoxy groups -OCH3 is 1. The number of aromatic nitrogens is 2. The minimum atomic E-state index is -0.333. The maximum atomic E-state index is 13.7. The molecule has 0 aliphatic rings. The summed E-state index contributed by atoms with van der Waals surface area (Å²) in [6.45, 7) is 7.17. The first kappa shape index (κ1) is 31.0. The van der Waals surface area contributed by atoms with Crippen molar-refractivity contribution in [3.05, 3.63) is 90.9 Å². The molecule has 0 unspecified atom stereocenters. The molecule has 0 aliphatic carbocycles. The van der Waals surface area contributed by atoms with Crippen LogP contribution in [-0.4, -0.2) is 69.2 Å². The monoisotopic (exact) mass is 583 g/mol. The number of anilines is 6. The molecule has 0 saturated heterocycles. The molecule has 10 heteroatoms. The number of carbonyl (C=O) groups excluding carboxylic acids is 1. The first-order chi connectivity index (χ1) is 20.6. The fraction of sp³-hybridized carbons (Fsp3) is 0.242. The summed E-state index contributed by atoms with van der Waals surface area (Å²) in [7, 11) is 9.48. The molecule has 0 bridgehead atoms. The fourth-order valence-electron chi connectivity index (χ4n) is 4.44. The molecule has 1 aromatic heterocycles. The number of hydrogen-bond donors (Lipinski definition) is 2. The Hall–Kier alpha value is -4.96. The van der Waals surface area contributed by atoms with Crippen LogP contribution in [0.5, 0.6) is 5.75 Å². The Balaban J connectivity index is 1.78. The minimum Gasteiger partial charge on any atom is -0.494 e. The zero-order valence-electron chi connectivity index (χ0n) is 25.5. The van der Waals surface area contributed by atoms with E-state index in [1.165, 1.54) is 18.2 Å². The Kier molecular flexibility index (Phi) is 9.95. The van der Waals surface area contributed by atoms with Crippen LogP contribution in [0.3, 0.4) is 0 Å². The summed E-state index contributed by atoms with van der Waals surface area (Å²) in [5.74, 6) is 0.821. The molecule has 4 aromatic rings. The first-order valence-electron chi connectivity index (χ1n) is 13.8. The van der Waals surface area contributed by atoms with Gasteiger partial charge in [0.15, 0.2) is 0 Å². The van der Waals surface area contributed by atoms with E-state index in [9.17, 15) is 9.18 Å². The van der Waals surface area contributed by atoms with Crippen LogP contribution in [0.15, 0.2) is 79.5 Å². The van der Waals surface area contributed by atoms with E-state index < -0.39 is 0 Å². The number of nitrogens with one attached hydrogen (secondary N) is 2. The quantitative estimate of drug-likeness (QED) is 0.190. The van der Waals surface area contributed by atoms with E-state index in [1.54, 1.807) is 31.5 Å². The Labute approximate surface area is 252 Å². The molecule has 2 N–H and O–H groups in total. The first-order valence-corrected chi connectivity index (χ1v) is 13.8. The molecular weight excluding hydrogens is 545 g/mol. The van der Waals surface area contributed by atoms with Crippen LogP contribution in [0.2, 0.25) is 0 Å². The molecule has 1 heterocycles. The number of halogens is 1. The highest BCUT2D eigenvalue weighted by Crippen LogP contribution is 2.39. The van der Waals surface area contributed by atoms with E-state index in [2.05, 4.69) is 27.1 Å². The third kappa shape index (κ3) is 7.66. The van der Waals surface area contributed by atoms with Crippen LogP contribution >= 0.6 is 0 Å². The fourth-order valence-corrected chi connectivity index (χ4v) is 4.44. The molecule has 9 nitrogen and oxygen atoms in total. The van der Waals surface area contributed by atoms with Crippen LogP contribution < -0.4 is 25.2 Å². The number of carbonyl (C=O) groups is 1. The van der Waals surface area contributed by atoms with Crippen molar-refractivity contribution in [1.82, 2.24) is 14.9 Å². The van der Waals surface area contributed by atoms with Gasteiger partial charge in [0, 0.05) is 50.7 Å². The number of nitrogens with zero attached hydrogens (tertiary/aromatic N) is 5. The maximum absolute atomic E-state index is 13.7. The van der Waals surface area contributed by atoms with E-state index in [0.29, 0.717) is 28.9 Å². The Bertz CT molecular complexity index is 1570. The molecular formula is C33H38FN7O2. The smallest absolute Gasteiger partial charge is 0.247 e. The molecule has 0 aliphatic heterocycles. The zero-order chi connectivity index (χ0) is 31.1. The van der Waals surface area contributed by atoms with Crippen molar-refractivity contribution in [1.29, 1.82) is 0 Å². The summed E-state index contributed by atoms with van der Waals surface area (Å²) < 4.78 is 19.5. The van der Waals surface area contributed by atoms with Crippen LogP contribution in [0.25, 0.3) is 11.1 Å². The van der Waals surface area contributed by atoms with Gasteiger partial charge in [-0.3, -0.25) is 4.79 Å². The number of likely N-dealkylation sites (N-methyl/N-ethyl adjacent to an activating group) is 2. The van der Waals surface area contributed by atoms with E-state index in [4.69, 9.17) is 9.72 Å². The molecule has 0 saturated carbocycles. The summed E-state index contributed by atoms with van der Waals surface area (Å²) >= 11 is 0. The van der Waals surface area contributed by atoms with Crippen molar-refractivity contribution in [3.8, 4) is 16.9 Å². The van der Waals surface area contributed by atoms with Gasteiger partial charge in [0.1, 0.15) is 17.4 Å². The second-order valence-electron chi connectivity index (χ2n) is 10.4. The largest absolute Gasteiger partial charge is 0.494 e. The lowest BCUT2D eigenvalue weighted by Gasteiger charge is -2.26. The van der Waals surface area contributed by atoms with Crippen molar-refractivity contribution < 1.29 is 13.9 Å². The maximum Gasteiger partial charge on any atom is 0.247 e. The van der Waals surface area contributed by atoms with Crippen molar-refractivity contribution >= 4 is 40.4 Å². The van der Waals surface area contributed by atoms with Gasteiger partial charge in [-0.15, -0.1) is 0 Å². The Morgan fingerprint density at radius 1 is 1.00 bits per heavy atom. The summed E-state index contributed by atoms with van der Waals surface area (Å²) in [5.41, 5.74) is 5.50. The molecule has 0 spiro atoms. The molecule has 4 rings (SSSR count). The lowest BCUT2D eigenvalue weighted by Crippen LogP contribution is -2.29. The molecule has 43 heavy (non-hydrogen) atoms. The second kappa shape index (κ2) is 13.8. The third-order valence-electron chi connectivity index (χ3n) is 6.96. The molecule has 0 fully saturated rings. The number of amides is 1. The molecule has 3 aromatic carbocycles. The van der Waals surface area contributed by atoms with Gasteiger partial charge < -0.3 is 30.1 Å². The SMILES string of the molecule is C=CC(=O)Nc1cc(Nc2ncc(-c3ccc(F)cc3)c(N(C)c3ccc(C)cc3)n2)c(OC)cc1N(C)CCN(C)C. The molecule has 1 amide bonds. The average Bonchev–Trinajstić information content (AvgIpc) is 3.00. The Morgan fingerprint density at radius 2 is 1.70 bits per heavy atom. The highest BCUT2D eigenvalue weighted by Gasteiger charge is 2.19. The van der Waals surface area contributed by atoms with Gasteiger partial charge in [-0.05, 0) is 63.0 Å². The molecule has 0 radical (unpaired) electrons. The minimum absolute atomic E-state index is 0.313. The van der Waals surface area contributed by atoms with Crippen LogP contribution in [0, 0.1) is 12.7 Å². The van der Waals surface area contributed by atoms with Gasteiger partial charge in [-0.1, -0.05) is 36.4 Å². The van der Waals surface area contributed by atoms with Crippen molar-refractivity contribution in [2.45, 2.75) is 6.92 Å². The average molecular weight is 584 g/mol. The number of hydrogen-bond acceptors (Lipinski definition) is 8. The van der Waals surface area contributed by atoms with E-state index in [0.717, 1.165) is 41.2 Å². The van der Waals surface area contributed by atoms with Crippen LogP contribution in [0.4, 0.5) is 38.9 Å². The summed E-state index contributed by atoms with van der Waals surface area (Å²) in [6.07, 6.45) is 2.93. The van der Waals surface area contributed by atoms with E-state index in [1.807, 2.05) is 75.2 Å². The number of aryl methyl sites for hydroxylation is 1. The lowest BCUT2D eigenvalue weighted by atomic mass is 10.1. The number of benzene rings is 3. The lowest BCUT2D eigenvalue weighted by molar-refractivity contribution is -0.111. The predicted octanol–water partition coefficient (Wildman–Crippen LogP) is 6.23. The van der Waals surface area contributed by atoms with Gasteiger partial charge in [-0.25, -0.2) is 9.37 Å². The van der Waals surface area contributed by atoms with Crippen molar-refractivity contribution in [2.75, 3.05) is 68.8 Å². The van der Waals surface area contributed by atoms with E-state index >= 15 is 0 Å². The van der Waals surface area contributed by atoms with E-state index in [-0.39, 0.29) is 11.7 Å². The van der Waals surface area contributed by atoms with Gasteiger partial charge in [0.2, 0.25) is 11.9 Å². The number of rotatable bonds is 12. The Morgan fingerprint density at radius 3 is 2.33 bits per heavy atom. The predicted molar refractivity (Wildman–Crippen MR) is 174 cm³/mol. The summed E-state index contributed by atoms with van der Waals surface area (Å²) in [6, 6.07) is 18.0. The normalized spacial score (nSPS) is 10.8. The zero-order valence-corrected chi connectivity index (χ0v) is 25.5. The van der Waals surface area contributed by atoms with Gasteiger partial charge >= 0.3 is 0 Å². The van der Waals surface area contributed by atoms with Gasteiger partial charge in [0.05, 0.1) is 24.2 Å². The second-order valence-corrected chi connectivity index (χ2v) is 10.4. The molecule has 224 valence electrons.